The Balaban J connectivity index is 2.22. The van der Waals surface area contributed by atoms with E-state index in [2.05, 4.69) is 15.9 Å². The molecule has 1 heterocycles. The van der Waals surface area contributed by atoms with Gasteiger partial charge in [0, 0.05) is 16.6 Å². The monoisotopic (exact) mass is 294 g/mol. The lowest BCUT2D eigenvalue weighted by atomic mass is 10.2. The van der Waals surface area contributed by atoms with Crippen LogP contribution in [0.2, 0.25) is 0 Å². The molecule has 1 aliphatic rings. The van der Waals surface area contributed by atoms with E-state index in [0.29, 0.717) is 19.7 Å². The molecule has 1 aromatic carbocycles. The van der Waals surface area contributed by atoms with Crippen molar-refractivity contribution in [1.82, 2.24) is 4.90 Å². The Bertz CT molecular complexity index is 482. The molecule has 0 atom stereocenters. The van der Waals surface area contributed by atoms with Crippen LogP contribution in [0.4, 0.5) is 0 Å². The fraction of sp³-hybridized carbons (Fsp3) is 0.333. The third kappa shape index (κ3) is 2.77. The number of benzene rings is 1. The zero-order valence-corrected chi connectivity index (χ0v) is 10.7. The summed E-state index contributed by atoms with van der Waals surface area (Å²) in [5.41, 5.74) is 0.961. The molecule has 0 radical (unpaired) electrons. The van der Waals surface area contributed by atoms with Crippen LogP contribution in [0.15, 0.2) is 22.7 Å². The lowest BCUT2D eigenvalue weighted by molar-refractivity contribution is -0.130. The van der Waals surface area contributed by atoms with Gasteiger partial charge in [0.15, 0.2) is 0 Å². The van der Waals surface area contributed by atoms with Gasteiger partial charge in [-0.2, -0.15) is 5.26 Å². The summed E-state index contributed by atoms with van der Waals surface area (Å²) >= 11 is 3.39. The van der Waals surface area contributed by atoms with E-state index in [4.69, 9.17) is 10.00 Å². The van der Waals surface area contributed by atoms with Crippen molar-refractivity contribution >= 4 is 21.8 Å². The molecular formula is C12H11BrN2O2. The summed E-state index contributed by atoms with van der Waals surface area (Å²) in [6, 6.07) is 7.61. The highest BCUT2D eigenvalue weighted by atomic mass is 79.9. The number of ether oxygens (including phenoxy) is 1. The van der Waals surface area contributed by atoms with Gasteiger partial charge in [-0.1, -0.05) is 15.9 Å². The van der Waals surface area contributed by atoms with Gasteiger partial charge < -0.3 is 9.64 Å². The van der Waals surface area contributed by atoms with Crippen LogP contribution in [0, 0.1) is 11.3 Å². The van der Waals surface area contributed by atoms with Crippen LogP contribution in [0.3, 0.4) is 0 Å². The van der Waals surface area contributed by atoms with Crippen LogP contribution in [0.1, 0.15) is 12.0 Å². The second kappa shape index (κ2) is 5.19. The second-order valence-corrected chi connectivity index (χ2v) is 4.67. The number of nitrogens with zero attached hydrogens (tertiary/aromatic N) is 2. The van der Waals surface area contributed by atoms with Gasteiger partial charge in [0.25, 0.3) is 0 Å². The van der Waals surface area contributed by atoms with E-state index in [0.717, 1.165) is 15.8 Å². The standard InChI is InChI=1S/C12H11BrN2O2/c13-10-1-2-11-9(7-10)8-15(5-6-17-11)12(16)3-4-14/h1-2,7H,3,5-6,8H2. The second-order valence-electron chi connectivity index (χ2n) is 3.75. The van der Waals surface area contributed by atoms with Crippen molar-refractivity contribution in [3.8, 4) is 11.8 Å². The molecule has 0 spiro atoms. The molecule has 1 aromatic rings. The minimum atomic E-state index is -0.149. The molecule has 5 heteroatoms. The number of carbonyl (C=O) groups is 1. The zero-order chi connectivity index (χ0) is 12.3. The van der Waals surface area contributed by atoms with Crippen LogP contribution in [0.5, 0.6) is 5.75 Å². The first kappa shape index (κ1) is 11.9. The Morgan fingerprint density at radius 3 is 3.18 bits per heavy atom. The SMILES string of the molecule is N#CCC(=O)N1CCOc2ccc(Br)cc2C1. The van der Waals surface area contributed by atoms with Crippen molar-refractivity contribution in [3.05, 3.63) is 28.2 Å². The number of fused-ring (bicyclic) bond motifs is 1. The first-order valence-electron chi connectivity index (χ1n) is 5.26. The van der Waals surface area contributed by atoms with Crippen LogP contribution < -0.4 is 4.74 Å². The number of amides is 1. The number of hydrogen-bond donors (Lipinski definition) is 0. The Morgan fingerprint density at radius 2 is 2.41 bits per heavy atom. The number of halogens is 1. The molecule has 0 N–H and O–H groups in total. The number of rotatable bonds is 1. The fourth-order valence-electron chi connectivity index (χ4n) is 1.76. The Labute approximate surface area is 108 Å². The summed E-state index contributed by atoms with van der Waals surface area (Å²) in [6.45, 7) is 1.48. The summed E-state index contributed by atoms with van der Waals surface area (Å²) in [6.07, 6.45) is -0.0800. The Kier molecular flexibility index (Phi) is 3.64. The van der Waals surface area contributed by atoms with Gasteiger partial charge in [-0.05, 0) is 18.2 Å². The summed E-state index contributed by atoms with van der Waals surface area (Å²) in [5, 5.41) is 8.54. The summed E-state index contributed by atoms with van der Waals surface area (Å²) in [4.78, 5) is 13.3. The summed E-state index contributed by atoms with van der Waals surface area (Å²) < 4.78 is 6.52. The smallest absolute Gasteiger partial charge is 0.237 e. The maximum absolute atomic E-state index is 11.7. The number of nitriles is 1. The normalized spacial score (nSPS) is 14.2. The van der Waals surface area contributed by atoms with Crippen molar-refractivity contribution in [1.29, 1.82) is 5.26 Å². The van der Waals surface area contributed by atoms with Gasteiger partial charge in [0.2, 0.25) is 5.91 Å². The van der Waals surface area contributed by atoms with Gasteiger partial charge in [-0.25, -0.2) is 0 Å². The molecule has 17 heavy (non-hydrogen) atoms. The van der Waals surface area contributed by atoms with Crippen molar-refractivity contribution in [2.24, 2.45) is 0 Å². The van der Waals surface area contributed by atoms with Crippen molar-refractivity contribution in [3.63, 3.8) is 0 Å². The van der Waals surface area contributed by atoms with E-state index in [1.165, 1.54) is 0 Å². The van der Waals surface area contributed by atoms with E-state index in [9.17, 15) is 4.79 Å². The lowest BCUT2D eigenvalue weighted by Gasteiger charge is -2.18. The molecule has 0 fully saturated rings. The molecule has 0 bridgehead atoms. The fourth-order valence-corrected chi connectivity index (χ4v) is 2.16. The third-order valence-corrected chi connectivity index (χ3v) is 3.08. The molecule has 0 saturated heterocycles. The molecule has 88 valence electrons. The largest absolute Gasteiger partial charge is 0.491 e. The van der Waals surface area contributed by atoms with Crippen LogP contribution in [-0.4, -0.2) is 24.0 Å². The van der Waals surface area contributed by atoms with Gasteiger partial charge in [-0.15, -0.1) is 0 Å². The molecule has 2 rings (SSSR count). The van der Waals surface area contributed by atoms with Gasteiger partial charge >= 0.3 is 0 Å². The molecule has 0 aliphatic carbocycles. The van der Waals surface area contributed by atoms with Crippen molar-refractivity contribution in [2.75, 3.05) is 13.2 Å². The number of carbonyl (C=O) groups excluding carboxylic acids is 1. The predicted molar refractivity (Wildman–Crippen MR) is 65.3 cm³/mol. The average molecular weight is 295 g/mol. The highest BCUT2D eigenvalue weighted by molar-refractivity contribution is 9.10. The number of hydrogen-bond acceptors (Lipinski definition) is 3. The van der Waals surface area contributed by atoms with Crippen LogP contribution in [-0.2, 0) is 11.3 Å². The van der Waals surface area contributed by atoms with E-state index < -0.39 is 0 Å². The molecule has 0 unspecified atom stereocenters. The first-order chi connectivity index (χ1) is 8.20. The zero-order valence-electron chi connectivity index (χ0n) is 9.15. The maximum atomic E-state index is 11.7. The minimum absolute atomic E-state index is 0.0800. The minimum Gasteiger partial charge on any atom is -0.491 e. The molecule has 0 saturated carbocycles. The molecular weight excluding hydrogens is 284 g/mol. The quantitative estimate of drug-likeness (QED) is 0.797. The molecule has 4 nitrogen and oxygen atoms in total. The maximum Gasteiger partial charge on any atom is 0.237 e. The van der Waals surface area contributed by atoms with Gasteiger partial charge in [0.05, 0.1) is 12.6 Å². The molecule has 1 amide bonds. The topological polar surface area (TPSA) is 53.3 Å². The average Bonchev–Trinajstić information content (AvgIpc) is 2.50. The van der Waals surface area contributed by atoms with Gasteiger partial charge in [-0.3, -0.25) is 4.79 Å². The van der Waals surface area contributed by atoms with Crippen molar-refractivity contribution in [2.45, 2.75) is 13.0 Å². The molecule has 0 aromatic heterocycles. The van der Waals surface area contributed by atoms with E-state index in [1.54, 1.807) is 4.90 Å². The van der Waals surface area contributed by atoms with E-state index >= 15 is 0 Å². The Hall–Kier alpha value is -1.54. The van der Waals surface area contributed by atoms with Crippen LogP contribution >= 0.6 is 15.9 Å². The third-order valence-electron chi connectivity index (χ3n) is 2.59. The highest BCUT2D eigenvalue weighted by Crippen LogP contribution is 2.26. The molecule has 1 aliphatic heterocycles. The van der Waals surface area contributed by atoms with Crippen LogP contribution in [0.25, 0.3) is 0 Å². The highest BCUT2D eigenvalue weighted by Gasteiger charge is 2.19. The van der Waals surface area contributed by atoms with Gasteiger partial charge in [0.1, 0.15) is 18.8 Å². The van der Waals surface area contributed by atoms with Crippen molar-refractivity contribution < 1.29 is 9.53 Å². The summed E-state index contributed by atoms with van der Waals surface area (Å²) in [5.74, 6) is 0.657. The van der Waals surface area contributed by atoms with E-state index in [1.807, 2.05) is 24.3 Å². The Morgan fingerprint density at radius 1 is 1.59 bits per heavy atom. The lowest BCUT2D eigenvalue weighted by Crippen LogP contribution is -2.31. The van der Waals surface area contributed by atoms with E-state index in [-0.39, 0.29) is 12.3 Å². The summed E-state index contributed by atoms with van der Waals surface area (Å²) in [7, 11) is 0. The first-order valence-corrected chi connectivity index (χ1v) is 6.06. The predicted octanol–water partition coefficient (Wildman–Crippen LogP) is 2.08.